The summed E-state index contributed by atoms with van der Waals surface area (Å²) in [5.41, 5.74) is 3.75. The molecule has 0 bridgehead atoms. The molecule has 0 saturated carbocycles. The molecule has 1 N–H and O–H groups in total. The molecule has 6 heteroatoms. The van der Waals surface area contributed by atoms with Gasteiger partial charge in [-0.05, 0) is 13.8 Å². The first-order valence-corrected chi connectivity index (χ1v) is 7.00. The summed E-state index contributed by atoms with van der Waals surface area (Å²) >= 11 is 0. The minimum absolute atomic E-state index is 0.148. The number of ether oxygens (including phenoxy) is 2. The molecule has 0 aliphatic carbocycles. The second-order valence-corrected chi connectivity index (χ2v) is 4.62. The van der Waals surface area contributed by atoms with Crippen molar-refractivity contribution in [2.24, 2.45) is 4.99 Å². The van der Waals surface area contributed by atoms with Crippen molar-refractivity contribution in [3.8, 4) is 0 Å². The van der Waals surface area contributed by atoms with Gasteiger partial charge < -0.3 is 9.47 Å². The summed E-state index contributed by atoms with van der Waals surface area (Å²) in [6, 6.07) is 9.69. The van der Waals surface area contributed by atoms with Crippen molar-refractivity contribution in [2.75, 3.05) is 19.8 Å². The Labute approximate surface area is 124 Å². The van der Waals surface area contributed by atoms with Crippen LogP contribution in [0.25, 0.3) is 0 Å². The average Bonchev–Trinajstić information content (AvgIpc) is 2.54. The van der Waals surface area contributed by atoms with E-state index in [1.807, 2.05) is 37.3 Å². The summed E-state index contributed by atoms with van der Waals surface area (Å²) in [6.45, 7) is 4.56. The highest BCUT2D eigenvalue weighted by atomic mass is 16.7. The Kier molecular flexibility index (Phi) is 5.71. The summed E-state index contributed by atoms with van der Waals surface area (Å²) in [5, 5.41) is 0. The number of nitrogens with one attached hydrogen (secondary N) is 1. The van der Waals surface area contributed by atoms with Crippen molar-refractivity contribution >= 4 is 11.8 Å². The molecule has 0 saturated heterocycles. The maximum absolute atomic E-state index is 11.6. The fraction of sp³-hybridized carbons (Fsp3) is 0.467. The quantitative estimate of drug-likeness (QED) is 0.801. The van der Waals surface area contributed by atoms with Crippen LogP contribution < -0.4 is 5.48 Å². The fourth-order valence-corrected chi connectivity index (χ4v) is 1.85. The second-order valence-electron chi connectivity index (χ2n) is 4.62. The van der Waals surface area contributed by atoms with Gasteiger partial charge in [-0.2, -0.15) is 0 Å². The van der Waals surface area contributed by atoms with Crippen LogP contribution in [0.2, 0.25) is 0 Å². The van der Waals surface area contributed by atoms with E-state index in [4.69, 9.17) is 14.3 Å². The number of amidine groups is 1. The van der Waals surface area contributed by atoms with Crippen molar-refractivity contribution < 1.29 is 19.1 Å². The molecular weight excluding hydrogens is 272 g/mol. The van der Waals surface area contributed by atoms with Gasteiger partial charge in [-0.3, -0.25) is 9.83 Å². The summed E-state index contributed by atoms with van der Waals surface area (Å²) in [4.78, 5) is 21.4. The number of carbonyl (C=O) groups excluding carboxylic acids is 1. The zero-order valence-corrected chi connectivity index (χ0v) is 12.2. The van der Waals surface area contributed by atoms with Crippen LogP contribution in [0.5, 0.6) is 0 Å². The normalized spacial score (nSPS) is 19.3. The number of carbonyl (C=O) groups is 1. The van der Waals surface area contributed by atoms with Gasteiger partial charge in [0.15, 0.2) is 11.9 Å². The van der Waals surface area contributed by atoms with Gasteiger partial charge >= 0.3 is 5.97 Å². The molecule has 21 heavy (non-hydrogen) atoms. The van der Waals surface area contributed by atoms with Gasteiger partial charge in [0.2, 0.25) is 0 Å². The molecule has 2 atom stereocenters. The molecule has 1 heterocycles. The van der Waals surface area contributed by atoms with Crippen LogP contribution in [-0.2, 0) is 19.1 Å². The predicted octanol–water partition coefficient (Wildman–Crippen LogP) is 1.30. The third-order valence-corrected chi connectivity index (χ3v) is 2.98. The first-order chi connectivity index (χ1) is 10.2. The zero-order valence-electron chi connectivity index (χ0n) is 12.2. The molecule has 1 aromatic rings. The summed E-state index contributed by atoms with van der Waals surface area (Å²) in [6.07, 6.45) is -0.856. The van der Waals surface area contributed by atoms with Crippen molar-refractivity contribution in [2.45, 2.75) is 26.1 Å². The van der Waals surface area contributed by atoms with E-state index in [9.17, 15) is 4.79 Å². The zero-order chi connectivity index (χ0) is 15.1. The smallest absolute Gasteiger partial charge is 0.335 e. The molecule has 1 aliphatic heterocycles. The summed E-state index contributed by atoms with van der Waals surface area (Å²) in [5.74, 6) is 0.291. The van der Waals surface area contributed by atoms with Crippen LogP contribution in [0.1, 0.15) is 19.4 Å². The van der Waals surface area contributed by atoms with Crippen LogP contribution in [0.15, 0.2) is 35.3 Å². The lowest BCUT2D eigenvalue weighted by molar-refractivity contribution is -0.160. The molecule has 0 spiro atoms. The van der Waals surface area contributed by atoms with Crippen LogP contribution in [-0.4, -0.2) is 43.8 Å². The van der Waals surface area contributed by atoms with Gasteiger partial charge in [0.05, 0.1) is 6.54 Å². The molecule has 0 unspecified atom stereocenters. The first-order valence-electron chi connectivity index (χ1n) is 7.00. The van der Waals surface area contributed by atoms with Gasteiger partial charge in [-0.1, -0.05) is 30.3 Å². The Balaban J connectivity index is 1.79. The molecule has 0 radical (unpaired) electrons. The Morgan fingerprint density at radius 2 is 2.24 bits per heavy atom. The van der Waals surface area contributed by atoms with E-state index < -0.39 is 12.1 Å². The highest BCUT2D eigenvalue weighted by Gasteiger charge is 2.21. The Morgan fingerprint density at radius 1 is 1.48 bits per heavy atom. The summed E-state index contributed by atoms with van der Waals surface area (Å²) in [7, 11) is 0. The number of aliphatic imine (C=N–C) groups is 1. The Morgan fingerprint density at radius 3 is 2.86 bits per heavy atom. The minimum atomic E-state index is -0.560. The third kappa shape index (κ3) is 4.54. The third-order valence-electron chi connectivity index (χ3n) is 2.98. The molecule has 1 aromatic carbocycles. The van der Waals surface area contributed by atoms with Gasteiger partial charge in [0, 0.05) is 12.2 Å². The lowest BCUT2D eigenvalue weighted by Crippen LogP contribution is -2.40. The number of hydroxylamine groups is 1. The fourth-order valence-electron chi connectivity index (χ4n) is 1.85. The molecule has 0 fully saturated rings. The number of benzene rings is 1. The first kappa shape index (κ1) is 15.5. The maximum Gasteiger partial charge on any atom is 0.335 e. The largest absolute Gasteiger partial charge is 0.461 e. The average molecular weight is 292 g/mol. The molecule has 6 nitrogen and oxygen atoms in total. The molecular formula is C15H20N2O4. The minimum Gasteiger partial charge on any atom is -0.461 e. The van der Waals surface area contributed by atoms with E-state index in [-0.39, 0.29) is 12.7 Å². The van der Waals surface area contributed by atoms with Crippen LogP contribution in [0.3, 0.4) is 0 Å². The van der Waals surface area contributed by atoms with Gasteiger partial charge in [-0.25, -0.2) is 10.3 Å². The second kappa shape index (κ2) is 7.75. The van der Waals surface area contributed by atoms with E-state index in [1.165, 1.54) is 0 Å². The molecule has 0 aromatic heterocycles. The van der Waals surface area contributed by atoms with E-state index in [0.29, 0.717) is 19.0 Å². The van der Waals surface area contributed by atoms with Crippen LogP contribution in [0.4, 0.5) is 0 Å². The molecule has 0 amide bonds. The van der Waals surface area contributed by atoms with Crippen molar-refractivity contribution in [1.82, 2.24) is 5.48 Å². The van der Waals surface area contributed by atoms with Crippen molar-refractivity contribution in [1.29, 1.82) is 0 Å². The molecule has 114 valence electrons. The Hall–Kier alpha value is -1.92. The van der Waals surface area contributed by atoms with Gasteiger partial charge in [0.25, 0.3) is 0 Å². The van der Waals surface area contributed by atoms with Crippen molar-refractivity contribution in [3.63, 3.8) is 0 Å². The van der Waals surface area contributed by atoms with Gasteiger partial charge in [0.1, 0.15) is 12.7 Å². The predicted molar refractivity (Wildman–Crippen MR) is 77.9 cm³/mol. The van der Waals surface area contributed by atoms with E-state index in [2.05, 4.69) is 10.5 Å². The maximum atomic E-state index is 11.6. The lowest BCUT2D eigenvalue weighted by atomic mass is 10.2. The lowest BCUT2D eigenvalue weighted by Gasteiger charge is -2.23. The highest BCUT2D eigenvalue weighted by Crippen LogP contribution is 2.06. The number of esters is 1. The van der Waals surface area contributed by atoms with E-state index in [0.717, 1.165) is 5.56 Å². The van der Waals surface area contributed by atoms with E-state index in [1.54, 1.807) is 6.92 Å². The Bertz CT molecular complexity index is 490. The van der Waals surface area contributed by atoms with Crippen molar-refractivity contribution in [3.05, 3.63) is 35.9 Å². The van der Waals surface area contributed by atoms with Crippen LogP contribution >= 0.6 is 0 Å². The number of hydrogen-bond acceptors (Lipinski definition) is 6. The monoisotopic (exact) mass is 292 g/mol. The topological polar surface area (TPSA) is 69.2 Å². The number of rotatable bonds is 6. The van der Waals surface area contributed by atoms with Gasteiger partial charge in [-0.15, -0.1) is 0 Å². The number of hydrogen-bond donors (Lipinski definition) is 1. The number of nitrogens with zero attached hydrogens (tertiary/aromatic N) is 1. The van der Waals surface area contributed by atoms with Crippen LogP contribution in [0, 0.1) is 0 Å². The SMILES string of the molecule is CCO[C@H](C)C(=O)OC[C@@H]1CN=C(c2ccccc2)NO1. The molecule has 1 aliphatic rings. The summed E-state index contributed by atoms with van der Waals surface area (Å²) < 4.78 is 10.3. The highest BCUT2D eigenvalue weighted by molar-refractivity contribution is 5.98. The standard InChI is InChI=1S/C15H20N2O4/c1-3-19-11(2)15(18)20-10-13-9-16-14(17-21-13)12-7-5-4-6-8-12/h4-8,11,13H,3,9-10H2,1-2H3,(H,16,17)/t11-,13+/m1/s1. The van der Waals surface area contributed by atoms with E-state index >= 15 is 0 Å². The molecule has 2 rings (SSSR count).